The van der Waals surface area contributed by atoms with E-state index >= 15 is 0 Å². The molecular weight excluding hydrogens is 330 g/mol. The highest BCUT2D eigenvalue weighted by atomic mass is 16.2. The predicted molar refractivity (Wildman–Crippen MR) is 97.1 cm³/mol. The molecule has 2 saturated heterocycles. The zero-order valence-electron chi connectivity index (χ0n) is 15.0. The molecule has 2 amide bonds. The maximum atomic E-state index is 12.4. The molecule has 2 aliphatic heterocycles. The van der Waals surface area contributed by atoms with Crippen LogP contribution in [0.1, 0.15) is 17.5 Å². The zero-order valence-corrected chi connectivity index (χ0v) is 15.0. The van der Waals surface area contributed by atoms with E-state index in [0.717, 1.165) is 39.1 Å². The second-order valence-electron chi connectivity index (χ2n) is 6.88. The van der Waals surface area contributed by atoms with Crippen molar-refractivity contribution in [2.24, 2.45) is 0 Å². The number of carbonyl (C=O) groups is 2. The van der Waals surface area contributed by atoms with E-state index in [1.807, 2.05) is 24.3 Å². The normalized spacial score (nSPS) is 19.5. The molecule has 1 aromatic rings. The number of hydrogen-bond donors (Lipinski definition) is 1. The Morgan fingerprint density at radius 1 is 1.08 bits per heavy atom. The third kappa shape index (κ3) is 5.04. The molecule has 0 bridgehead atoms. The summed E-state index contributed by atoms with van der Waals surface area (Å²) in [4.78, 5) is 30.1. The summed E-state index contributed by atoms with van der Waals surface area (Å²) in [6.07, 6.45) is 1.02. The number of rotatable bonds is 4. The van der Waals surface area contributed by atoms with Crippen LogP contribution in [0.4, 0.5) is 0 Å². The summed E-state index contributed by atoms with van der Waals surface area (Å²) in [6.45, 7) is 6.23. The predicted octanol–water partition coefficient (Wildman–Crippen LogP) is 0.0244. The summed E-state index contributed by atoms with van der Waals surface area (Å²) in [7, 11) is 0. The molecule has 0 unspecified atom stereocenters. The van der Waals surface area contributed by atoms with E-state index in [2.05, 4.69) is 21.2 Å². The van der Waals surface area contributed by atoms with Gasteiger partial charge in [0.1, 0.15) is 0 Å². The lowest BCUT2D eigenvalue weighted by Crippen LogP contribution is -2.52. The van der Waals surface area contributed by atoms with Crippen LogP contribution in [0, 0.1) is 11.3 Å². The van der Waals surface area contributed by atoms with Crippen LogP contribution in [-0.2, 0) is 16.1 Å². The molecule has 1 aromatic carbocycles. The number of benzene rings is 1. The number of nitrogens with zero attached hydrogens (tertiary/aromatic N) is 4. The molecule has 2 aliphatic rings. The fourth-order valence-corrected chi connectivity index (χ4v) is 3.43. The Kier molecular flexibility index (Phi) is 6.21. The van der Waals surface area contributed by atoms with Gasteiger partial charge in [0.05, 0.1) is 24.7 Å². The molecule has 2 fully saturated rings. The fourth-order valence-electron chi connectivity index (χ4n) is 3.43. The van der Waals surface area contributed by atoms with Gasteiger partial charge in [-0.25, -0.2) is 0 Å². The highest BCUT2D eigenvalue weighted by molar-refractivity contribution is 5.86. The Hall–Kier alpha value is -2.43. The van der Waals surface area contributed by atoms with Crippen LogP contribution in [0.5, 0.6) is 0 Å². The van der Waals surface area contributed by atoms with E-state index in [0.29, 0.717) is 25.2 Å². The van der Waals surface area contributed by atoms with Crippen molar-refractivity contribution in [3.8, 4) is 6.07 Å². The lowest BCUT2D eigenvalue weighted by atomic mass is 10.1. The van der Waals surface area contributed by atoms with Crippen molar-refractivity contribution in [2.75, 3.05) is 52.4 Å². The molecule has 0 spiro atoms. The van der Waals surface area contributed by atoms with Gasteiger partial charge in [0.15, 0.2) is 0 Å². The van der Waals surface area contributed by atoms with Gasteiger partial charge in [0, 0.05) is 32.7 Å². The first-order valence-electron chi connectivity index (χ1n) is 9.12. The van der Waals surface area contributed by atoms with Gasteiger partial charge in [-0.2, -0.15) is 5.26 Å². The van der Waals surface area contributed by atoms with Gasteiger partial charge >= 0.3 is 0 Å². The van der Waals surface area contributed by atoms with E-state index in [-0.39, 0.29) is 18.4 Å². The van der Waals surface area contributed by atoms with Crippen LogP contribution in [0.2, 0.25) is 0 Å². The molecule has 7 nitrogen and oxygen atoms in total. The van der Waals surface area contributed by atoms with Crippen LogP contribution in [0.15, 0.2) is 24.3 Å². The maximum Gasteiger partial charge on any atom is 0.239 e. The highest BCUT2D eigenvalue weighted by Crippen LogP contribution is 2.11. The second kappa shape index (κ2) is 8.79. The number of nitrogens with one attached hydrogen (secondary N) is 1. The molecule has 138 valence electrons. The van der Waals surface area contributed by atoms with Gasteiger partial charge in [-0.3, -0.25) is 19.4 Å². The lowest BCUT2D eigenvalue weighted by Gasteiger charge is -2.29. The first-order valence-corrected chi connectivity index (χ1v) is 9.12. The Balaban J connectivity index is 1.47. The molecule has 1 N–H and O–H groups in total. The summed E-state index contributed by atoms with van der Waals surface area (Å²) in [5.41, 5.74) is 1.88. The van der Waals surface area contributed by atoms with E-state index in [4.69, 9.17) is 5.26 Å². The van der Waals surface area contributed by atoms with E-state index in [1.165, 1.54) is 5.56 Å². The number of hydrogen-bond acceptors (Lipinski definition) is 5. The Morgan fingerprint density at radius 3 is 2.54 bits per heavy atom. The summed E-state index contributed by atoms with van der Waals surface area (Å²) in [6, 6.07) is 9.86. The van der Waals surface area contributed by atoms with Crippen LogP contribution >= 0.6 is 0 Å². The topological polar surface area (TPSA) is 79.7 Å². The van der Waals surface area contributed by atoms with Gasteiger partial charge in [0.2, 0.25) is 11.8 Å². The fraction of sp³-hybridized carbons (Fsp3) is 0.526. The number of amides is 2. The molecule has 0 aromatic heterocycles. The quantitative estimate of drug-likeness (QED) is 0.824. The Labute approximate surface area is 154 Å². The molecule has 0 atom stereocenters. The average Bonchev–Trinajstić information content (AvgIpc) is 2.87. The summed E-state index contributed by atoms with van der Waals surface area (Å²) < 4.78 is 0. The highest BCUT2D eigenvalue weighted by Gasteiger charge is 2.24. The molecule has 7 heteroatoms. The van der Waals surface area contributed by atoms with Gasteiger partial charge in [0.25, 0.3) is 0 Å². The molecule has 26 heavy (non-hydrogen) atoms. The molecular formula is C19H25N5O2. The third-order valence-corrected chi connectivity index (χ3v) is 4.92. The molecule has 0 aliphatic carbocycles. The SMILES string of the molecule is N#Cc1ccc(CN2CCCN(CC(=O)N3CCNC(=O)C3)CC2)cc1. The van der Waals surface area contributed by atoms with E-state index < -0.39 is 0 Å². The first kappa shape index (κ1) is 18.4. The number of nitriles is 1. The summed E-state index contributed by atoms with van der Waals surface area (Å²) in [5, 5.41) is 11.6. The standard InChI is InChI=1S/C19H25N5O2/c20-12-16-2-4-17(5-3-16)13-22-7-1-8-23(11-10-22)15-19(26)24-9-6-21-18(25)14-24/h2-5H,1,6-11,13-15H2,(H,21,25). The minimum Gasteiger partial charge on any atom is -0.353 e. The summed E-state index contributed by atoms with van der Waals surface area (Å²) >= 11 is 0. The third-order valence-electron chi connectivity index (χ3n) is 4.92. The monoisotopic (exact) mass is 355 g/mol. The van der Waals surface area contributed by atoms with Gasteiger partial charge in [-0.1, -0.05) is 12.1 Å². The van der Waals surface area contributed by atoms with Crippen LogP contribution in [0.25, 0.3) is 0 Å². The van der Waals surface area contributed by atoms with E-state index in [9.17, 15) is 9.59 Å². The lowest BCUT2D eigenvalue weighted by molar-refractivity contribution is -0.139. The molecule has 0 saturated carbocycles. The van der Waals surface area contributed by atoms with Crippen molar-refractivity contribution in [3.05, 3.63) is 35.4 Å². The van der Waals surface area contributed by atoms with Crippen molar-refractivity contribution in [1.29, 1.82) is 5.26 Å². The van der Waals surface area contributed by atoms with Crippen molar-refractivity contribution in [3.63, 3.8) is 0 Å². The van der Waals surface area contributed by atoms with Crippen LogP contribution < -0.4 is 5.32 Å². The van der Waals surface area contributed by atoms with Crippen molar-refractivity contribution in [2.45, 2.75) is 13.0 Å². The minimum absolute atomic E-state index is 0.0420. The largest absolute Gasteiger partial charge is 0.353 e. The van der Waals surface area contributed by atoms with Crippen molar-refractivity contribution >= 4 is 11.8 Å². The van der Waals surface area contributed by atoms with Crippen LogP contribution in [-0.4, -0.2) is 78.9 Å². The number of carbonyl (C=O) groups excluding carboxylic acids is 2. The van der Waals surface area contributed by atoms with Gasteiger partial charge < -0.3 is 10.2 Å². The minimum atomic E-state index is -0.0749. The maximum absolute atomic E-state index is 12.4. The second-order valence-corrected chi connectivity index (χ2v) is 6.88. The number of piperazine rings is 1. The Bertz CT molecular complexity index is 682. The summed E-state index contributed by atoms with van der Waals surface area (Å²) in [5.74, 6) is -0.0329. The Morgan fingerprint density at radius 2 is 1.81 bits per heavy atom. The molecule has 2 heterocycles. The van der Waals surface area contributed by atoms with Gasteiger partial charge in [-0.15, -0.1) is 0 Å². The van der Waals surface area contributed by atoms with Crippen molar-refractivity contribution < 1.29 is 9.59 Å². The smallest absolute Gasteiger partial charge is 0.239 e. The van der Waals surface area contributed by atoms with Gasteiger partial charge in [-0.05, 0) is 37.2 Å². The average molecular weight is 355 g/mol. The molecule has 0 radical (unpaired) electrons. The van der Waals surface area contributed by atoms with E-state index in [1.54, 1.807) is 4.90 Å². The van der Waals surface area contributed by atoms with Crippen LogP contribution in [0.3, 0.4) is 0 Å². The molecule has 3 rings (SSSR count). The first-order chi connectivity index (χ1) is 12.6. The zero-order chi connectivity index (χ0) is 18.4. The van der Waals surface area contributed by atoms with Crippen molar-refractivity contribution in [1.82, 2.24) is 20.0 Å².